The first-order valence-electron chi connectivity index (χ1n) is 16.0. The normalized spacial score (nSPS) is 29.0. The number of H-pyrrole nitrogens is 1. The minimum Gasteiger partial charge on any atom is -0.483 e. The SMILES string of the molecule is CCOC(=O)c1ccc(N2C(=O)C3C(C2=O)[C@@H]2C[C@H]3C3Sc4[nH]c(=O)sc4[C@H](c4ccccc4OCC(=O)N4CCOCC4)C32)cc1. The van der Waals surface area contributed by atoms with E-state index in [2.05, 4.69) is 4.98 Å². The Hall–Kier alpha value is -3.94. The molecule has 1 aromatic heterocycles. The fraction of sp³-hybridized carbons (Fsp3) is 0.441. The van der Waals surface area contributed by atoms with Crippen molar-refractivity contribution in [1.82, 2.24) is 9.88 Å². The van der Waals surface area contributed by atoms with E-state index in [0.29, 0.717) is 43.3 Å². The molecule has 244 valence electrons. The molecule has 2 saturated carbocycles. The highest BCUT2D eigenvalue weighted by atomic mass is 32.2. The number of amides is 3. The fourth-order valence-corrected chi connectivity index (χ4v) is 11.4. The quantitative estimate of drug-likeness (QED) is 0.295. The molecule has 4 unspecified atom stereocenters. The zero-order chi connectivity index (χ0) is 32.4. The average molecular weight is 676 g/mol. The van der Waals surface area contributed by atoms with Crippen molar-refractivity contribution in [3.05, 3.63) is 74.2 Å². The molecule has 3 amide bonds. The Labute approximate surface area is 278 Å². The highest BCUT2D eigenvalue weighted by Crippen LogP contribution is 2.69. The Balaban J connectivity index is 1.11. The van der Waals surface area contributed by atoms with Crippen LogP contribution < -0.4 is 14.5 Å². The van der Waals surface area contributed by atoms with Crippen molar-refractivity contribution in [3.8, 4) is 5.75 Å². The Bertz CT molecular complexity index is 1820. The number of morpholine rings is 1. The van der Waals surface area contributed by atoms with Gasteiger partial charge in [0.25, 0.3) is 5.91 Å². The van der Waals surface area contributed by atoms with Crippen molar-refractivity contribution in [2.24, 2.45) is 29.6 Å². The first-order chi connectivity index (χ1) is 22.9. The van der Waals surface area contributed by atoms with Crippen LogP contribution in [-0.2, 0) is 23.9 Å². The predicted octanol–water partition coefficient (Wildman–Crippen LogP) is 3.53. The summed E-state index contributed by atoms with van der Waals surface area (Å²) in [4.78, 5) is 72.9. The number of carbonyl (C=O) groups is 4. The highest BCUT2D eigenvalue weighted by Gasteiger charge is 2.69. The lowest BCUT2D eigenvalue weighted by Gasteiger charge is -2.43. The maximum absolute atomic E-state index is 14.1. The number of para-hydroxylation sites is 1. The van der Waals surface area contributed by atoms with Gasteiger partial charge in [-0.25, -0.2) is 4.79 Å². The maximum atomic E-state index is 14.1. The molecule has 2 bridgehead atoms. The number of imide groups is 1. The molecule has 47 heavy (non-hydrogen) atoms. The van der Waals surface area contributed by atoms with Gasteiger partial charge in [0, 0.05) is 34.7 Å². The molecule has 2 aromatic carbocycles. The van der Waals surface area contributed by atoms with Crippen LogP contribution in [-0.4, -0.2) is 78.3 Å². The summed E-state index contributed by atoms with van der Waals surface area (Å²) in [5.74, 6) is -1.73. The second-order valence-corrected chi connectivity index (χ2v) is 14.8. The van der Waals surface area contributed by atoms with Crippen LogP contribution in [0.2, 0.25) is 0 Å². The van der Waals surface area contributed by atoms with E-state index in [1.165, 1.54) is 16.2 Å². The van der Waals surface area contributed by atoms with Crippen LogP contribution in [0.15, 0.2) is 58.4 Å². The molecule has 3 aliphatic heterocycles. The van der Waals surface area contributed by atoms with Gasteiger partial charge >= 0.3 is 10.8 Å². The number of aromatic amines is 1. The van der Waals surface area contributed by atoms with Crippen LogP contribution in [0.5, 0.6) is 5.75 Å². The van der Waals surface area contributed by atoms with Gasteiger partial charge in [-0.2, -0.15) is 0 Å². The van der Waals surface area contributed by atoms with Crippen LogP contribution in [0.1, 0.15) is 40.1 Å². The van der Waals surface area contributed by atoms with Gasteiger partial charge in [-0.15, -0.1) is 11.8 Å². The highest BCUT2D eigenvalue weighted by molar-refractivity contribution is 8.00. The predicted molar refractivity (Wildman–Crippen MR) is 173 cm³/mol. The number of thioether (sulfide) groups is 1. The second kappa shape index (κ2) is 11.9. The lowest BCUT2D eigenvalue weighted by molar-refractivity contribution is -0.137. The summed E-state index contributed by atoms with van der Waals surface area (Å²) in [5, 5.41) is 0.813. The van der Waals surface area contributed by atoms with Gasteiger partial charge in [0.2, 0.25) is 11.8 Å². The van der Waals surface area contributed by atoms with Gasteiger partial charge in [-0.1, -0.05) is 29.5 Å². The van der Waals surface area contributed by atoms with Crippen molar-refractivity contribution in [2.75, 3.05) is 44.4 Å². The van der Waals surface area contributed by atoms with Crippen LogP contribution in [0.3, 0.4) is 0 Å². The minimum absolute atomic E-state index is 0.00919. The molecule has 11 nitrogen and oxygen atoms in total. The first kappa shape index (κ1) is 30.4. The zero-order valence-electron chi connectivity index (χ0n) is 25.6. The summed E-state index contributed by atoms with van der Waals surface area (Å²) in [6.07, 6.45) is 0.749. The Morgan fingerprint density at radius 2 is 1.70 bits per heavy atom. The number of anilines is 1. The van der Waals surface area contributed by atoms with Crippen LogP contribution in [0.4, 0.5) is 5.69 Å². The lowest BCUT2D eigenvalue weighted by atomic mass is 9.68. The van der Waals surface area contributed by atoms with Crippen LogP contribution in [0, 0.1) is 29.6 Å². The average Bonchev–Trinajstić information content (AvgIpc) is 3.83. The molecule has 8 rings (SSSR count). The van der Waals surface area contributed by atoms with Crippen molar-refractivity contribution < 1.29 is 33.4 Å². The van der Waals surface area contributed by atoms with E-state index in [1.807, 2.05) is 24.3 Å². The molecular weight excluding hydrogens is 643 g/mol. The van der Waals surface area contributed by atoms with Crippen molar-refractivity contribution in [3.63, 3.8) is 0 Å². The maximum Gasteiger partial charge on any atom is 0.338 e. The lowest BCUT2D eigenvalue weighted by Crippen LogP contribution is -2.43. The van der Waals surface area contributed by atoms with Gasteiger partial charge in [-0.05, 0) is 61.4 Å². The van der Waals surface area contributed by atoms with E-state index in [-0.39, 0.29) is 64.7 Å². The molecule has 2 saturated heterocycles. The molecule has 7 atom stereocenters. The molecule has 4 heterocycles. The van der Waals surface area contributed by atoms with E-state index < -0.39 is 17.8 Å². The Kier molecular flexibility index (Phi) is 7.72. The van der Waals surface area contributed by atoms with Crippen LogP contribution in [0.25, 0.3) is 0 Å². The molecule has 4 fully saturated rings. The number of fused-ring (bicyclic) bond motifs is 9. The minimum atomic E-state index is -0.477. The van der Waals surface area contributed by atoms with E-state index in [4.69, 9.17) is 14.2 Å². The molecule has 0 spiro atoms. The third-order valence-electron chi connectivity index (χ3n) is 10.3. The number of carbonyl (C=O) groups excluding carboxylic acids is 4. The van der Waals surface area contributed by atoms with E-state index in [0.717, 1.165) is 21.9 Å². The standard InChI is InChI=1S/C34H33N3O8S2/c1-2-44-33(41)17-7-9-18(10-8-17)37-31(39)26-20-15-21(27(26)32(37)40)28-25(20)24(29-30(46-28)35-34(42)47-29)19-5-3-4-6-22(19)45-16-23(38)36-11-13-43-14-12-36/h3-10,20-21,24-28H,2,11-16H2,1H3,(H,35,42)/t20-,21-,24-,25?,26?,27?,28?/m1/s1. The Morgan fingerprint density at radius 3 is 2.45 bits per heavy atom. The van der Waals surface area contributed by atoms with Gasteiger partial charge < -0.3 is 24.1 Å². The zero-order valence-corrected chi connectivity index (χ0v) is 27.2. The molecule has 2 aliphatic carbocycles. The summed E-state index contributed by atoms with van der Waals surface area (Å²) in [6, 6.07) is 14.1. The number of aromatic nitrogens is 1. The van der Waals surface area contributed by atoms with Crippen molar-refractivity contribution in [2.45, 2.75) is 29.5 Å². The smallest absolute Gasteiger partial charge is 0.338 e. The van der Waals surface area contributed by atoms with Crippen molar-refractivity contribution in [1.29, 1.82) is 0 Å². The number of hydrogen-bond acceptors (Lipinski definition) is 10. The Morgan fingerprint density at radius 1 is 0.979 bits per heavy atom. The largest absolute Gasteiger partial charge is 0.483 e. The number of rotatable bonds is 7. The third kappa shape index (κ3) is 4.93. The molecular formula is C34H33N3O8S2. The number of nitrogens with zero attached hydrogens (tertiary/aromatic N) is 2. The van der Waals surface area contributed by atoms with Crippen molar-refractivity contribution >= 4 is 52.5 Å². The summed E-state index contributed by atoms with van der Waals surface area (Å²) in [7, 11) is 0. The van der Waals surface area contributed by atoms with Gasteiger partial charge in [-0.3, -0.25) is 24.1 Å². The summed E-state index contributed by atoms with van der Waals surface area (Å²) < 4.78 is 16.7. The molecule has 13 heteroatoms. The van der Waals surface area contributed by atoms with Gasteiger partial charge in [0.1, 0.15) is 5.75 Å². The first-order valence-corrected chi connectivity index (χ1v) is 17.7. The topological polar surface area (TPSA) is 135 Å². The van der Waals surface area contributed by atoms with E-state index in [1.54, 1.807) is 47.9 Å². The summed E-state index contributed by atoms with van der Waals surface area (Å²) in [6.45, 7) is 3.93. The number of ether oxygens (including phenoxy) is 3. The number of benzene rings is 2. The van der Waals surface area contributed by atoms with E-state index in [9.17, 15) is 24.0 Å². The van der Waals surface area contributed by atoms with Gasteiger partial charge in [0.05, 0.1) is 47.9 Å². The van der Waals surface area contributed by atoms with Gasteiger partial charge in [0.15, 0.2) is 6.61 Å². The fourth-order valence-electron chi connectivity index (χ4n) is 8.49. The molecule has 3 aromatic rings. The monoisotopic (exact) mass is 675 g/mol. The number of esters is 1. The summed E-state index contributed by atoms with van der Waals surface area (Å²) >= 11 is 2.80. The molecule has 5 aliphatic rings. The van der Waals surface area contributed by atoms with E-state index >= 15 is 0 Å². The second-order valence-electron chi connectivity index (χ2n) is 12.6. The van der Waals surface area contributed by atoms with Crippen LogP contribution >= 0.6 is 23.1 Å². The molecule has 1 N–H and O–H groups in total. The number of thiazole rings is 1. The molecule has 0 radical (unpaired) electrons. The third-order valence-corrected chi connectivity index (χ3v) is 12.9. The summed E-state index contributed by atoms with van der Waals surface area (Å²) in [5.41, 5.74) is 1.68. The number of hydrogen-bond donors (Lipinski definition) is 1. The number of nitrogens with one attached hydrogen (secondary N) is 1.